The second-order valence-corrected chi connectivity index (χ2v) is 12.3. The van der Waals surface area contributed by atoms with Gasteiger partial charge in [0.2, 0.25) is 0 Å². The van der Waals surface area contributed by atoms with Gasteiger partial charge in [-0.25, -0.2) is 16.8 Å². The lowest BCUT2D eigenvalue weighted by atomic mass is 9.93. The Kier molecular flexibility index (Phi) is 5.02. The van der Waals surface area contributed by atoms with Crippen molar-refractivity contribution >= 4 is 78.9 Å². The van der Waals surface area contributed by atoms with Gasteiger partial charge in [0.25, 0.3) is 9.05 Å². The topological polar surface area (TPSA) is 135 Å². The van der Waals surface area contributed by atoms with Crippen LogP contribution in [0.4, 0.5) is 0 Å². The van der Waals surface area contributed by atoms with Crippen molar-refractivity contribution < 1.29 is 35.1 Å². The molecule has 0 heterocycles. The van der Waals surface area contributed by atoms with Gasteiger partial charge in [0.1, 0.15) is 5.75 Å². The van der Waals surface area contributed by atoms with Gasteiger partial charge in [-0.05, 0) is 34.0 Å². The maximum Gasteiger partial charge on any atom is 0.308 e. The zero-order valence-electron chi connectivity index (χ0n) is 15.8. The van der Waals surface area contributed by atoms with Crippen molar-refractivity contribution in [2.24, 2.45) is 0 Å². The molecule has 1 unspecified atom stereocenters. The minimum Gasteiger partial charge on any atom is -0.768 e. The molecule has 0 bridgehead atoms. The number of carbonyl (C=O) groups is 1. The summed E-state index contributed by atoms with van der Waals surface area (Å²) in [6.45, 7) is 1.13. The molecular weight excluding hydrogens is 488 g/mol. The third-order valence-electron chi connectivity index (χ3n) is 4.84. The van der Waals surface area contributed by atoms with Gasteiger partial charge in [0, 0.05) is 56.4 Å². The molecule has 0 amide bonds. The van der Waals surface area contributed by atoms with Gasteiger partial charge in [0.15, 0.2) is 9.84 Å². The van der Waals surface area contributed by atoms with E-state index in [4.69, 9.17) is 15.4 Å². The minimum absolute atomic E-state index is 0.108. The Morgan fingerprint density at radius 3 is 1.97 bits per heavy atom. The van der Waals surface area contributed by atoms with Crippen LogP contribution in [0.3, 0.4) is 0 Å². The summed E-state index contributed by atoms with van der Waals surface area (Å²) in [5.41, 5.74) is 0. The van der Waals surface area contributed by atoms with Crippen molar-refractivity contribution in [3.63, 3.8) is 0 Å². The van der Waals surface area contributed by atoms with Crippen molar-refractivity contribution in [3.8, 4) is 5.75 Å². The van der Waals surface area contributed by atoms with Gasteiger partial charge in [-0.2, -0.15) is 0 Å². The predicted octanol–water partition coefficient (Wildman–Crippen LogP) is 3.08. The van der Waals surface area contributed by atoms with Crippen LogP contribution in [0, 0.1) is 0 Å². The zero-order valence-corrected chi connectivity index (χ0v) is 19.0. The molecule has 0 fully saturated rings. The first-order valence-electron chi connectivity index (χ1n) is 8.51. The van der Waals surface area contributed by atoms with Crippen LogP contribution >= 0.6 is 10.7 Å². The van der Waals surface area contributed by atoms with Gasteiger partial charge >= 0.3 is 5.97 Å². The van der Waals surface area contributed by atoms with E-state index < -0.39 is 35.9 Å². The molecule has 0 aliphatic rings. The van der Waals surface area contributed by atoms with Crippen LogP contribution < -0.4 is 4.74 Å². The maximum absolute atomic E-state index is 12.4. The van der Waals surface area contributed by atoms with E-state index in [1.54, 1.807) is 0 Å². The summed E-state index contributed by atoms with van der Waals surface area (Å²) in [5.74, 6) is -0.825. The van der Waals surface area contributed by atoms with Gasteiger partial charge in [-0.15, -0.1) is 0 Å². The van der Waals surface area contributed by atoms with Gasteiger partial charge < -0.3 is 9.29 Å². The van der Waals surface area contributed by atoms with Crippen molar-refractivity contribution in [1.82, 2.24) is 0 Å². The fourth-order valence-corrected chi connectivity index (χ4v) is 6.36. The lowest BCUT2D eigenvalue weighted by molar-refractivity contribution is -0.131. The molecule has 0 saturated heterocycles. The number of halogens is 1. The van der Waals surface area contributed by atoms with E-state index in [1.165, 1.54) is 24.3 Å². The molecule has 31 heavy (non-hydrogen) atoms. The van der Waals surface area contributed by atoms with E-state index >= 15 is 0 Å². The molecule has 1 atom stereocenters. The first-order valence-corrected chi connectivity index (χ1v) is 13.8. The van der Waals surface area contributed by atoms with Crippen molar-refractivity contribution in [1.29, 1.82) is 0 Å². The standard InChI is InChI=1S/C19H13ClO8S3/c1-9(21)28-14-7-17(31(20,26)27)13-6-5-12-16(30(2,24)25)8-15(29(22)23)11-4-3-10(14)18(13)19(11)12/h3-8H,1-2H3,(H,22,23)/p-1. The highest BCUT2D eigenvalue weighted by atomic mass is 35.7. The second kappa shape index (κ2) is 7.10. The first kappa shape index (κ1) is 21.9. The molecule has 0 aliphatic heterocycles. The molecule has 4 rings (SSSR count). The molecule has 0 radical (unpaired) electrons. The van der Waals surface area contributed by atoms with E-state index in [0.717, 1.165) is 25.3 Å². The largest absolute Gasteiger partial charge is 0.768 e. The molecule has 0 aromatic heterocycles. The number of rotatable bonds is 4. The Hall–Kier alpha value is -2.31. The van der Waals surface area contributed by atoms with Gasteiger partial charge in [-0.3, -0.25) is 9.00 Å². The number of carbonyl (C=O) groups excluding carboxylic acids is 1. The fourth-order valence-electron chi connectivity index (χ4n) is 3.75. The highest BCUT2D eigenvalue weighted by Crippen LogP contribution is 2.45. The number of sulfone groups is 1. The molecule has 0 spiro atoms. The summed E-state index contributed by atoms with van der Waals surface area (Å²) in [6.07, 6.45) is 0.940. The summed E-state index contributed by atoms with van der Waals surface area (Å²) < 4.78 is 78.3. The monoisotopic (exact) mass is 499 g/mol. The Labute approximate surface area is 183 Å². The number of ether oxygens (including phenoxy) is 1. The summed E-state index contributed by atoms with van der Waals surface area (Å²) >= 11 is -2.79. The summed E-state index contributed by atoms with van der Waals surface area (Å²) in [4.78, 5) is 10.7. The third kappa shape index (κ3) is 3.56. The van der Waals surface area contributed by atoms with Crippen LogP contribution in [0.5, 0.6) is 5.75 Å². The quantitative estimate of drug-likeness (QED) is 0.137. The van der Waals surface area contributed by atoms with Crippen molar-refractivity contribution in [3.05, 3.63) is 36.4 Å². The fraction of sp³-hybridized carbons (Fsp3) is 0.105. The van der Waals surface area contributed by atoms with Crippen molar-refractivity contribution in [2.75, 3.05) is 6.26 Å². The smallest absolute Gasteiger partial charge is 0.308 e. The van der Waals surface area contributed by atoms with E-state index in [9.17, 15) is 30.4 Å². The van der Waals surface area contributed by atoms with E-state index in [0.29, 0.717) is 5.39 Å². The van der Waals surface area contributed by atoms with Crippen LogP contribution in [0.15, 0.2) is 51.1 Å². The Bertz CT molecular complexity index is 1660. The van der Waals surface area contributed by atoms with Gasteiger partial charge in [-0.1, -0.05) is 18.2 Å². The van der Waals surface area contributed by atoms with Crippen molar-refractivity contribution in [2.45, 2.75) is 21.6 Å². The summed E-state index contributed by atoms with van der Waals surface area (Å²) in [7, 11) is -2.55. The number of hydrogen-bond acceptors (Lipinski definition) is 8. The van der Waals surface area contributed by atoms with Crippen LogP contribution in [-0.2, 0) is 34.8 Å². The number of hydrogen-bond donors (Lipinski definition) is 0. The molecule has 4 aromatic carbocycles. The maximum atomic E-state index is 12.4. The first-order chi connectivity index (χ1) is 14.3. The highest BCUT2D eigenvalue weighted by Gasteiger charge is 2.25. The second-order valence-electron chi connectivity index (χ2n) is 6.86. The predicted molar refractivity (Wildman–Crippen MR) is 115 cm³/mol. The van der Waals surface area contributed by atoms with Crippen LogP contribution in [0.1, 0.15) is 6.92 Å². The van der Waals surface area contributed by atoms with E-state index in [2.05, 4.69) is 0 Å². The summed E-state index contributed by atoms with van der Waals surface area (Å²) in [5, 5.41) is 1.22. The molecule has 0 saturated carbocycles. The van der Waals surface area contributed by atoms with Crippen LogP contribution in [0.2, 0.25) is 0 Å². The Balaban J connectivity index is 2.40. The molecule has 0 aliphatic carbocycles. The van der Waals surface area contributed by atoms with Crippen LogP contribution in [-0.4, -0.2) is 37.8 Å². The molecule has 8 nitrogen and oxygen atoms in total. The third-order valence-corrected chi connectivity index (χ3v) is 8.04. The molecule has 162 valence electrons. The molecule has 0 N–H and O–H groups in total. The Morgan fingerprint density at radius 1 is 0.935 bits per heavy atom. The van der Waals surface area contributed by atoms with Gasteiger partial charge in [0.05, 0.1) is 9.79 Å². The van der Waals surface area contributed by atoms with Crippen LogP contribution in [0.25, 0.3) is 32.3 Å². The van der Waals surface area contributed by atoms with E-state index in [1.807, 2.05) is 0 Å². The average molecular weight is 500 g/mol. The summed E-state index contributed by atoms with van der Waals surface area (Å²) in [6, 6.07) is 7.88. The molecule has 12 heteroatoms. The number of benzene rings is 4. The zero-order chi connectivity index (χ0) is 22.9. The number of esters is 1. The highest BCUT2D eigenvalue weighted by molar-refractivity contribution is 8.14. The lowest BCUT2D eigenvalue weighted by Crippen LogP contribution is -2.06. The minimum atomic E-state index is -4.31. The SMILES string of the molecule is CC(=O)Oc1cc(S(=O)(=O)Cl)c2ccc3c(S(C)(=O)=O)cc(S(=O)[O-])c4ccc1c2c43. The molecular formula is C19H12ClO8S3-. The van der Waals surface area contributed by atoms with E-state index in [-0.39, 0.29) is 47.4 Å². The normalized spacial score (nSPS) is 13.8. The molecule has 4 aromatic rings. The lowest BCUT2D eigenvalue weighted by Gasteiger charge is -2.19. The Morgan fingerprint density at radius 2 is 1.45 bits per heavy atom. The average Bonchev–Trinajstić information content (AvgIpc) is 2.63.